The smallest absolute Gasteiger partial charge is 0.359 e. The van der Waals surface area contributed by atoms with Gasteiger partial charge < -0.3 is 4.74 Å². The molecule has 3 rings (SSSR count). The largest absolute Gasteiger partial charge is 0.459 e. The van der Waals surface area contributed by atoms with Crippen molar-refractivity contribution in [2.24, 2.45) is 0 Å². The van der Waals surface area contributed by atoms with Crippen molar-refractivity contribution in [3.63, 3.8) is 0 Å². The molecule has 0 aliphatic rings. The SMILES string of the molecule is Cc1csc(=O)n1CCOC(=O)c1n[nH]c2ccccc12. The number of esters is 1. The highest BCUT2D eigenvalue weighted by Crippen LogP contribution is 2.15. The highest BCUT2D eigenvalue weighted by atomic mass is 32.1. The first-order valence-electron chi connectivity index (χ1n) is 6.42. The number of aromatic amines is 1. The standard InChI is InChI=1S/C14H13N3O3S/c1-9-8-21-14(19)17(9)6-7-20-13(18)12-10-4-2-3-5-11(10)15-16-12/h2-5,8H,6-7H2,1H3,(H,15,16). The topological polar surface area (TPSA) is 77.0 Å². The first-order valence-corrected chi connectivity index (χ1v) is 7.30. The Bertz CT molecular complexity index is 846. The molecular weight excluding hydrogens is 290 g/mol. The van der Waals surface area contributed by atoms with E-state index < -0.39 is 5.97 Å². The zero-order valence-corrected chi connectivity index (χ0v) is 12.1. The lowest BCUT2D eigenvalue weighted by atomic mass is 10.2. The van der Waals surface area contributed by atoms with E-state index in [0.29, 0.717) is 6.54 Å². The second-order valence-corrected chi connectivity index (χ2v) is 5.37. The Morgan fingerprint density at radius 2 is 2.24 bits per heavy atom. The van der Waals surface area contributed by atoms with Crippen LogP contribution >= 0.6 is 11.3 Å². The van der Waals surface area contributed by atoms with Crippen LogP contribution in [0.5, 0.6) is 0 Å². The number of fused-ring (bicyclic) bond motifs is 1. The molecule has 0 saturated carbocycles. The molecule has 0 aliphatic heterocycles. The van der Waals surface area contributed by atoms with E-state index in [0.717, 1.165) is 27.9 Å². The van der Waals surface area contributed by atoms with Gasteiger partial charge in [-0.2, -0.15) is 5.10 Å². The lowest BCUT2D eigenvalue weighted by molar-refractivity contribution is 0.0485. The van der Waals surface area contributed by atoms with Crippen molar-refractivity contribution >= 4 is 28.2 Å². The fourth-order valence-electron chi connectivity index (χ4n) is 2.09. The molecule has 1 aromatic carbocycles. The number of thiazole rings is 1. The van der Waals surface area contributed by atoms with Gasteiger partial charge in [-0.25, -0.2) is 4.79 Å². The number of nitrogens with one attached hydrogen (secondary N) is 1. The lowest BCUT2D eigenvalue weighted by Crippen LogP contribution is -2.19. The summed E-state index contributed by atoms with van der Waals surface area (Å²) in [5, 5.41) is 9.28. The highest BCUT2D eigenvalue weighted by molar-refractivity contribution is 7.07. The summed E-state index contributed by atoms with van der Waals surface area (Å²) >= 11 is 1.14. The van der Waals surface area contributed by atoms with E-state index in [9.17, 15) is 9.59 Å². The minimum Gasteiger partial charge on any atom is -0.459 e. The van der Waals surface area contributed by atoms with Gasteiger partial charge in [0.1, 0.15) is 6.61 Å². The van der Waals surface area contributed by atoms with E-state index in [1.165, 1.54) is 0 Å². The third-order valence-electron chi connectivity index (χ3n) is 3.19. The van der Waals surface area contributed by atoms with Crippen LogP contribution < -0.4 is 4.87 Å². The van der Waals surface area contributed by atoms with Crippen molar-refractivity contribution in [2.45, 2.75) is 13.5 Å². The van der Waals surface area contributed by atoms with E-state index in [1.807, 2.05) is 31.2 Å². The molecule has 7 heteroatoms. The Kier molecular flexibility index (Phi) is 3.57. The predicted octanol–water partition coefficient (Wildman–Crippen LogP) is 1.95. The van der Waals surface area contributed by atoms with Gasteiger partial charge >= 0.3 is 10.8 Å². The van der Waals surface area contributed by atoms with Crippen molar-refractivity contribution in [2.75, 3.05) is 6.61 Å². The van der Waals surface area contributed by atoms with Gasteiger partial charge in [0.25, 0.3) is 0 Å². The molecule has 0 aliphatic carbocycles. The fraction of sp³-hybridized carbons (Fsp3) is 0.214. The maximum Gasteiger partial charge on any atom is 0.359 e. The fourth-order valence-corrected chi connectivity index (χ4v) is 2.85. The molecule has 108 valence electrons. The number of aryl methyl sites for hydroxylation is 1. The number of aromatic nitrogens is 3. The number of carbonyl (C=O) groups is 1. The van der Waals surface area contributed by atoms with Crippen molar-refractivity contribution in [1.29, 1.82) is 0 Å². The molecule has 0 radical (unpaired) electrons. The molecule has 0 saturated heterocycles. The number of hydrogen-bond donors (Lipinski definition) is 1. The van der Waals surface area contributed by atoms with Crippen LogP contribution in [0.2, 0.25) is 0 Å². The van der Waals surface area contributed by atoms with Gasteiger partial charge in [-0.1, -0.05) is 29.5 Å². The maximum absolute atomic E-state index is 12.0. The number of para-hydroxylation sites is 1. The number of benzene rings is 1. The summed E-state index contributed by atoms with van der Waals surface area (Å²) < 4.78 is 6.79. The van der Waals surface area contributed by atoms with E-state index in [1.54, 1.807) is 9.95 Å². The van der Waals surface area contributed by atoms with Crippen molar-refractivity contribution in [3.05, 3.63) is 50.7 Å². The minimum atomic E-state index is -0.492. The summed E-state index contributed by atoms with van der Waals surface area (Å²) in [6.07, 6.45) is 0. The van der Waals surface area contributed by atoms with Gasteiger partial charge in [0.15, 0.2) is 5.69 Å². The van der Waals surface area contributed by atoms with Crippen molar-refractivity contribution < 1.29 is 9.53 Å². The molecule has 21 heavy (non-hydrogen) atoms. The molecule has 3 aromatic rings. The lowest BCUT2D eigenvalue weighted by Gasteiger charge is -2.05. The van der Waals surface area contributed by atoms with Gasteiger partial charge in [0, 0.05) is 16.5 Å². The first kappa shape index (κ1) is 13.6. The minimum absolute atomic E-state index is 0.0474. The van der Waals surface area contributed by atoms with Crippen LogP contribution in [-0.2, 0) is 11.3 Å². The summed E-state index contributed by atoms with van der Waals surface area (Å²) in [6.45, 7) is 2.33. The molecule has 2 aromatic heterocycles. The average Bonchev–Trinajstić information content (AvgIpc) is 3.05. The number of rotatable bonds is 4. The van der Waals surface area contributed by atoms with Crippen LogP contribution in [0.3, 0.4) is 0 Å². The molecule has 2 heterocycles. The number of carbonyl (C=O) groups excluding carboxylic acids is 1. The third kappa shape index (κ3) is 2.59. The zero-order chi connectivity index (χ0) is 14.8. The van der Waals surface area contributed by atoms with Gasteiger partial charge in [0.2, 0.25) is 0 Å². The van der Waals surface area contributed by atoms with Gasteiger partial charge in [-0.3, -0.25) is 14.5 Å². The molecule has 0 amide bonds. The highest BCUT2D eigenvalue weighted by Gasteiger charge is 2.15. The van der Waals surface area contributed by atoms with Crippen molar-refractivity contribution in [3.8, 4) is 0 Å². The van der Waals surface area contributed by atoms with Crippen LogP contribution in [-0.4, -0.2) is 27.3 Å². The maximum atomic E-state index is 12.0. The Morgan fingerprint density at radius 3 is 3.00 bits per heavy atom. The molecular formula is C14H13N3O3S. The summed E-state index contributed by atoms with van der Waals surface area (Å²) in [5.41, 5.74) is 1.92. The van der Waals surface area contributed by atoms with Crippen LogP contribution in [0.25, 0.3) is 10.9 Å². The van der Waals surface area contributed by atoms with Crippen LogP contribution in [0, 0.1) is 6.92 Å². The quantitative estimate of drug-likeness (QED) is 0.747. The molecule has 0 bridgehead atoms. The Hall–Kier alpha value is -2.41. The summed E-state index contributed by atoms with van der Waals surface area (Å²) in [6, 6.07) is 7.35. The van der Waals surface area contributed by atoms with E-state index in [2.05, 4.69) is 10.2 Å². The average molecular weight is 303 g/mol. The van der Waals surface area contributed by atoms with Gasteiger partial charge in [-0.05, 0) is 13.0 Å². The summed E-state index contributed by atoms with van der Waals surface area (Å²) in [5.74, 6) is -0.492. The summed E-state index contributed by atoms with van der Waals surface area (Å²) in [7, 11) is 0. The number of hydrogen-bond acceptors (Lipinski definition) is 5. The van der Waals surface area contributed by atoms with Crippen LogP contribution in [0.15, 0.2) is 34.4 Å². The summed E-state index contributed by atoms with van der Waals surface area (Å²) in [4.78, 5) is 23.5. The first-order chi connectivity index (χ1) is 10.2. The van der Waals surface area contributed by atoms with E-state index >= 15 is 0 Å². The second kappa shape index (κ2) is 5.53. The Balaban J connectivity index is 1.68. The monoisotopic (exact) mass is 303 g/mol. The number of nitrogens with zero attached hydrogens (tertiary/aromatic N) is 2. The predicted molar refractivity (Wildman–Crippen MR) is 79.7 cm³/mol. The molecule has 0 atom stereocenters. The molecule has 6 nitrogen and oxygen atoms in total. The van der Waals surface area contributed by atoms with Crippen molar-refractivity contribution in [1.82, 2.24) is 14.8 Å². The van der Waals surface area contributed by atoms with E-state index in [4.69, 9.17) is 4.74 Å². The molecule has 0 unspecified atom stereocenters. The van der Waals surface area contributed by atoms with E-state index in [-0.39, 0.29) is 17.2 Å². The van der Waals surface area contributed by atoms with Crippen LogP contribution in [0.4, 0.5) is 0 Å². The zero-order valence-electron chi connectivity index (χ0n) is 11.3. The van der Waals surface area contributed by atoms with Gasteiger partial charge in [0.05, 0.1) is 12.1 Å². The van der Waals surface area contributed by atoms with Gasteiger partial charge in [-0.15, -0.1) is 0 Å². The molecule has 1 N–H and O–H groups in total. The molecule has 0 spiro atoms. The molecule has 0 fully saturated rings. The third-order valence-corrected chi connectivity index (χ3v) is 4.07. The Morgan fingerprint density at radius 1 is 1.43 bits per heavy atom. The number of H-pyrrole nitrogens is 1. The van der Waals surface area contributed by atoms with Crippen LogP contribution in [0.1, 0.15) is 16.2 Å². The Labute approximate surface area is 124 Å². The normalized spacial score (nSPS) is 10.9. The second-order valence-electron chi connectivity index (χ2n) is 4.55. The number of ether oxygens (including phenoxy) is 1.